The Kier molecular flexibility index (Phi) is 3.94. The molecule has 0 aliphatic carbocycles. The highest BCUT2D eigenvalue weighted by Gasteiger charge is 2.33. The van der Waals surface area contributed by atoms with Gasteiger partial charge in [0.2, 0.25) is 0 Å². The van der Waals surface area contributed by atoms with Crippen molar-refractivity contribution in [2.75, 3.05) is 23.0 Å². The summed E-state index contributed by atoms with van der Waals surface area (Å²) in [5, 5.41) is 25.5. The first-order chi connectivity index (χ1) is 14.0. The number of aliphatic hydroxyl groups excluding tert-OH is 1. The zero-order chi connectivity index (χ0) is 20.1. The van der Waals surface area contributed by atoms with E-state index in [0.29, 0.717) is 24.7 Å². The molecule has 1 N–H and O–H groups in total. The molecule has 2 aromatic heterocycles. The summed E-state index contributed by atoms with van der Waals surface area (Å²) < 4.78 is 21.5. The SMILES string of the molecule is Cn1nnc(N2Cc3cnn(-c4ccc(N5C[C@H](CO)OC5=O)cc4F)c3C2)n1. The molecule has 2 aliphatic rings. The van der Waals surface area contributed by atoms with Gasteiger partial charge in [0, 0.05) is 12.1 Å². The molecule has 2 aliphatic heterocycles. The van der Waals surface area contributed by atoms with Crippen LogP contribution in [0.15, 0.2) is 24.4 Å². The third kappa shape index (κ3) is 2.88. The molecule has 0 saturated carbocycles. The van der Waals surface area contributed by atoms with Crippen molar-refractivity contribution in [2.24, 2.45) is 7.05 Å². The fraction of sp³-hybridized carbons (Fsp3) is 0.353. The molecule has 150 valence electrons. The van der Waals surface area contributed by atoms with E-state index in [1.807, 2.05) is 4.90 Å². The van der Waals surface area contributed by atoms with Crippen LogP contribution in [0.1, 0.15) is 11.3 Å². The van der Waals surface area contributed by atoms with Gasteiger partial charge in [-0.1, -0.05) is 5.10 Å². The number of rotatable bonds is 4. The molecular weight excluding hydrogens is 383 g/mol. The molecule has 11 nitrogen and oxygen atoms in total. The largest absolute Gasteiger partial charge is 0.441 e. The number of nitrogens with zero attached hydrogens (tertiary/aromatic N) is 8. The van der Waals surface area contributed by atoms with Gasteiger partial charge in [0.1, 0.15) is 11.8 Å². The molecule has 0 unspecified atom stereocenters. The van der Waals surface area contributed by atoms with E-state index < -0.39 is 18.0 Å². The fourth-order valence-corrected chi connectivity index (χ4v) is 3.56. The van der Waals surface area contributed by atoms with E-state index in [9.17, 15) is 9.18 Å². The lowest BCUT2D eigenvalue weighted by Crippen LogP contribution is -2.25. The van der Waals surface area contributed by atoms with Crippen LogP contribution in [0, 0.1) is 5.82 Å². The zero-order valence-electron chi connectivity index (χ0n) is 15.4. The predicted molar refractivity (Wildman–Crippen MR) is 96.9 cm³/mol. The molecule has 3 aromatic rings. The number of benzene rings is 1. The second-order valence-electron chi connectivity index (χ2n) is 6.90. The third-order valence-corrected chi connectivity index (χ3v) is 4.99. The highest BCUT2D eigenvalue weighted by Crippen LogP contribution is 2.30. The highest BCUT2D eigenvalue weighted by molar-refractivity contribution is 5.89. The summed E-state index contributed by atoms with van der Waals surface area (Å²) in [6.07, 6.45) is 0.478. The zero-order valence-corrected chi connectivity index (χ0v) is 15.4. The average molecular weight is 400 g/mol. The number of amides is 1. The molecule has 1 atom stereocenters. The molecule has 4 heterocycles. The van der Waals surface area contributed by atoms with Crippen molar-refractivity contribution in [3.63, 3.8) is 0 Å². The van der Waals surface area contributed by atoms with E-state index in [1.54, 1.807) is 30.1 Å². The van der Waals surface area contributed by atoms with Crippen molar-refractivity contribution in [3.05, 3.63) is 41.5 Å². The number of tetrazole rings is 1. The lowest BCUT2D eigenvalue weighted by Gasteiger charge is -2.15. The number of carbonyl (C=O) groups excluding carboxylic acids is 1. The Morgan fingerprint density at radius 2 is 2.21 bits per heavy atom. The number of aryl methyl sites for hydroxylation is 1. The van der Waals surface area contributed by atoms with Crippen molar-refractivity contribution in [2.45, 2.75) is 19.2 Å². The van der Waals surface area contributed by atoms with Crippen LogP contribution < -0.4 is 9.80 Å². The summed E-state index contributed by atoms with van der Waals surface area (Å²) in [4.78, 5) is 16.5. The summed E-state index contributed by atoms with van der Waals surface area (Å²) in [6.45, 7) is 0.923. The molecule has 12 heteroatoms. The Morgan fingerprint density at radius 3 is 2.90 bits per heavy atom. The Morgan fingerprint density at radius 1 is 1.34 bits per heavy atom. The van der Waals surface area contributed by atoms with Crippen molar-refractivity contribution >= 4 is 17.7 Å². The minimum Gasteiger partial charge on any atom is -0.441 e. The summed E-state index contributed by atoms with van der Waals surface area (Å²) >= 11 is 0. The number of carbonyl (C=O) groups is 1. The van der Waals surface area contributed by atoms with Crippen LogP contribution in [0.25, 0.3) is 5.69 Å². The van der Waals surface area contributed by atoms with Gasteiger partial charge in [-0.25, -0.2) is 13.9 Å². The Hall–Kier alpha value is -3.54. The first kappa shape index (κ1) is 17.6. The van der Waals surface area contributed by atoms with E-state index in [1.165, 1.54) is 15.8 Å². The number of hydrogen-bond acceptors (Lipinski definition) is 8. The third-order valence-electron chi connectivity index (χ3n) is 4.99. The molecule has 0 radical (unpaired) electrons. The van der Waals surface area contributed by atoms with E-state index in [-0.39, 0.29) is 18.8 Å². The number of fused-ring (bicyclic) bond motifs is 1. The molecule has 1 amide bonds. The second-order valence-corrected chi connectivity index (χ2v) is 6.90. The summed E-state index contributed by atoms with van der Waals surface area (Å²) in [6, 6.07) is 4.46. The Bertz CT molecular complexity index is 1100. The van der Waals surface area contributed by atoms with Gasteiger partial charge in [-0.3, -0.25) is 4.90 Å². The van der Waals surface area contributed by atoms with Gasteiger partial charge in [-0.15, -0.1) is 5.10 Å². The van der Waals surface area contributed by atoms with Gasteiger partial charge in [0.15, 0.2) is 5.82 Å². The fourth-order valence-electron chi connectivity index (χ4n) is 3.56. The highest BCUT2D eigenvalue weighted by atomic mass is 19.1. The van der Waals surface area contributed by atoms with Crippen LogP contribution in [0.5, 0.6) is 0 Å². The lowest BCUT2D eigenvalue weighted by molar-refractivity contribution is 0.0963. The number of anilines is 2. The van der Waals surface area contributed by atoms with Crippen LogP contribution in [-0.2, 0) is 24.9 Å². The number of hydrogen-bond donors (Lipinski definition) is 1. The first-order valence-corrected chi connectivity index (χ1v) is 8.97. The van der Waals surface area contributed by atoms with Crippen LogP contribution in [0.4, 0.5) is 20.8 Å². The van der Waals surface area contributed by atoms with Crippen molar-refractivity contribution in [1.82, 2.24) is 30.0 Å². The Labute approximate surface area is 163 Å². The molecule has 29 heavy (non-hydrogen) atoms. The monoisotopic (exact) mass is 400 g/mol. The summed E-state index contributed by atoms with van der Waals surface area (Å²) in [7, 11) is 1.69. The average Bonchev–Trinajstić information content (AvgIpc) is 3.45. The Balaban J connectivity index is 1.42. The van der Waals surface area contributed by atoms with Crippen molar-refractivity contribution in [1.29, 1.82) is 0 Å². The maximum absolute atomic E-state index is 14.9. The van der Waals surface area contributed by atoms with Crippen LogP contribution in [-0.4, -0.2) is 60.4 Å². The van der Waals surface area contributed by atoms with E-state index in [4.69, 9.17) is 9.84 Å². The second kappa shape index (κ2) is 6.51. The molecule has 1 saturated heterocycles. The van der Waals surface area contributed by atoms with Crippen molar-refractivity contribution < 1.29 is 19.0 Å². The smallest absolute Gasteiger partial charge is 0.414 e. The number of halogens is 1. The number of aliphatic hydroxyl groups is 1. The van der Waals surface area contributed by atoms with E-state index >= 15 is 0 Å². The van der Waals surface area contributed by atoms with Crippen LogP contribution >= 0.6 is 0 Å². The molecular formula is C17H17FN8O3. The standard InChI is InChI=1S/C17H17FN8O3/c1-23-21-16(20-22-23)24-6-10-5-19-26(15(10)8-24)14-3-2-11(4-13(14)18)25-7-12(9-27)29-17(25)28/h2-5,12,27H,6-9H2,1H3/t12-/m1/s1. The normalized spacial score (nSPS) is 18.4. The van der Waals surface area contributed by atoms with E-state index in [2.05, 4.69) is 20.5 Å². The number of ether oxygens (including phenoxy) is 1. The van der Waals surface area contributed by atoms with E-state index in [0.717, 1.165) is 11.3 Å². The van der Waals surface area contributed by atoms with Gasteiger partial charge in [0.05, 0.1) is 44.3 Å². The van der Waals surface area contributed by atoms with Crippen LogP contribution in [0.2, 0.25) is 0 Å². The minimum absolute atomic E-state index is 0.172. The number of cyclic esters (lactones) is 1. The van der Waals surface area contributed by atoms with Gasteiger partial charge in [-0.2, -0.15) is 9.90 Å². The number of aromatic nitrogens is 6. The quantitative estimate of drug-likeness (QED) is 0.668. The van der Waals surface area contributed by atoms with Gasteiger partial charge in [-0.05, 0) is 23.4 Å². The van der Waals surface area contributed by atoms with Gasteiger partial charge in [0.25, 0.3) is 5.95 Å². The maximum Gasteiger partial charge on any atom is 0.414 e. The van der Waals surface area contributed by atoms with Crippen LogP contribution in [0.3, 0.4) is 0 Å². The lowest BCUT2D eigenvalue weighted by atomic mass is 10.2. The molecule has 1 fully saturated rings. The van der Waals surface area contributed by atoms with Gasteiger partial charge >= 0.3 is 6.09 Å². The summed E-state index contributed by atoms with van der Waals surface area (Å²) in [5.41, 5.74) is 2.43. The molecule has 0 spiro atoms. The minimum atomic E-state index is -0.611. The van der Waals surface area contributed by atoms with Gasteiger partial charge < -0.3 is 14.7 Å². The first-order valence-electron chi connectivity index (χ1n) is 8.97. The summed E-state index contributed by atoms with van der Waals surface area (Å²) in [5.74, 6) is -0.0261. The molecule has 0 bridgehead atoms. The molecule has 5 rings (SSSR count). The predicted octanol–water partition coefficient (Wildman–Crippen LogP) is 0.373. The van der Waals surface area contributed by atoms with Crippen molar-refractivity contribution in [3.8, 4) is 5.69 Å². The molecule has 1 aromatic carbocycles. The topological polar surface area (TPSA) is 114 Å². The maximum atomic E-state index is 14.9.